The minimum absolute atomic E-state index is 0.514. The average Bonchev–Trinajstić information content (AvgIpc) is 2.84. The summed E-state index contributed by atoms with van der Waals surface area (Å²) in [5.74, 6) is 0.801. The van der Waals surface area contributed by atoms with E-state index < -0.39 is 0 Å². The third-order valence-electron chi connectivity index (χ3n) is 4.65. The van der Waals surface area contributed by atoms with Crippen LogP contribution in [0.25, 0.3) is 11.1 Å². The molecule has 1 heteroatoms. The van der Waals surface area contributed by atoms with Gasteiger partial charge < -0.3 is 0 Å². The summed E-state index contributed by atoms with van der Waals surface area (Å²) >= 11 is 3.96. The van der Waals surface area contributed by atoms with Gasteiger partial charge in [-0.05, 0) is 35.4 Å². The molecular formula is C20H23Br. The summed E-state index contributed by atoms with van der Waals surface area (Å²) in [6.07, 6.45) is 8.38. The van der Waals surface area contributed by atoms with Gasteiger partial charge in [-0.15, -0.1) is 0 Å². The van der Waals surface area contributed by atoms with E-state index in [4.69, 9.17) is 0 Å². The Hall–Kier alpha value is -1.08. The van der Waals surface area contributed by atoms with Gasteiger partial charge in [-0.25, -0.2) is 0 Å². The topological polar surface area (TPSA) is 0 Å². The van der Waals surface area contributed by atoms with Crippen molar-refractivity contribution >= 4 is 15.9 Å². The molecule has 0 nitrogen and oxygen atoms in total. The fraction of sp³-hybridized carbons (Fsp3) is 0.400. The van der Waals surface area contributed by atoms with Crippen LogP contribution >= 0.6 is 15.9 Å². The van der Waals surface area contributed by atoms with Crippen LogP contribution < -0.4 is 0 Å². The molecule has 110 valence electrons. The van der Waals surface area contributed by atoms with Crippen LogP contribution in [-0.2, 0) is 0 Å². The van der Waals surface area contributed by atoms with Crippen LogP contribution in [0.5, 0.6) is 0 Å². The fourth-order valence-electron chi connectivity index (χ4n) is 3.37. The normalized spacial score (nSPS) is 18.1. The zero-order chi connectivity index (χ0) is 14.5. The van der Waals surface area contributed by atoms with Gasteiger partial charge >= 0.3 is 0 Å². The van der Waals surface area contributed by atoms with E-state index >= 15 is 0 Å². The minimum atomic E-state index is 0.514. The van der Waals surface area contributed by atoms with E-state index in [0.29, 0.717) is 4.83 Å². The lowest BCUT2D eigenvalue weighted by atomic mass is 9.91. The first-order chi connectivity index (χ1) is 10.3. The maximum atomic E-state index is 3.96. The van der Waals surface area contributed by atoms with Crippen molar-refractivity contribution in [2.75, 3.05) is 0 Å². The molecule has 0 aromatic heterocycles. The van der Waals surface area contributed by atoms with E-state index in [-0.39, 0.29) is 0 Å². The van der Waals surface area contributed by atoms with Gasteiger partial charge in [0, 0.05) is 4.83 Å². The summed E-state index contributed by atoms with van der Waals surface area (Å²) in [6.45, 7) is 0. The lowest BCUT2D eigenvalue weighted by molar-refractivity contribution is 0.454. The fourth-order valence-corrected chi connectivity index (χ4v) is 4.20. The molecule has 21 heavy (non-hydrogen) atoms. The van der Waals surface area contributed by atoms with Crippen molar-refractivity contribution in [2.24, 2.45) is 5.92 Å². The van der Waals surface area contributed by atoms with Gasteiger partial charge in [0.1, 0.15) is 0 Å². The van der Waals surface area contributed by atoms with E-state index in [2.05, 4.69) is 70.5 Å². The maximum Gasteiger partial charge on any atom is 0.0423 e. The third-order valence-corrected chi connectivity index (χ3v) is 5.93. The Morgan fingerprint density at radius 3 is 1.90 bits per heavy atom. The van der Waals surface area contributed by atoms with Crippen molar-refractivity contribution in [2.45, 2.75) is 43.4 Å². The molecule has 3 rings (SSSR count). The molecule has 0 N–H and O–H groups in total. The molecule has 0 spiro atoms. The van der Waals surface area contributed by atoms with Gasteiger partial charge in [0.05, 0.1) is 0 Å². The summed E-state index contributed by atoms with van der Waals surface area (Å²) < 4.78 is 0. The highest BCUT2D eigenvalue weighted by Gasteiger charge is 2.21. The number of alkyl halides is 1. The molecule has 0 aliphatic heterocycles. The summed E-state index contributed by atoms with van der Waals surface area (Å²) in [5, 5.41) is 0. The Labute approximate surface area is 136 Å². The third kappa shape index (κ3) is 3.77. The number of hydrogen-bond acceptors (Lipinski definition) is 0. The van der Waals surface area contributed by atoms with E-state index in [1.54, 1.807) is 0 Å². The largest absolute Gasteiger partial charge is 0.0836 e. The summed E-state index contributed by atoms with van der Waals surface area (Å²) in [7, 11) is 0. The highest BCUT2D eigenvalue weighted by molar-refractivity contribution is 9.09. The van der Waals surface area contributed by atoms with Crippen molar-refractivity contribution < 1.29 is 0 Å². The first kappa shape index (κ1) is 14.8. The van der Waals surface area contributed by atoms with Crippen LogP contribution in [-0.4, -0.2) is 0 Å². The Bertz CT molecular complexity index is 536. The van der Waals surface area contributed by atoms with Gasteiger partial charge in [-0.3, -0.25) is 0 Å². The summed E-state index contributed by atoms with van der Waals surface area (Å²) in [4.78, 5) is 0.514. The average molecular weight is 343 g/mol. The van der Waals surface area contributed by atoms with Crippen LogP contribution in [0.15, 0.2) is 54.6 Å². The molecule has 2 aromatic rings. The van der Waals surface area contributed by atoms with E-state index in [1.807, 2.05) is 0 Å². The molecule has 0 bridgehead atoms. The van der Waals surface area contributed by atoms with Crippen LogP contribution in [0.1, 0.15) is 48.9 Å². The van der Waals surface area contributed by atoms with Crippen LogP contribution in [0, 0.1) is 5.92 Å². The maximum absolute atomic E-state index is 3.96. The number of rotatable bonds is 3. The highest BCUT2D eigenvalue weighted by Crippen LogP contribution is 2.39. The van der Waals surface area contributed by atoms with Crippen molar-refractivity contribution in [3.8, 4) is 11.1 Å². The number of benzene rings is 2. The molecule has 0 radical (unpaired) electrons. The lowest BCUT2D eigenvalue weighted by Gasteiger charge is -2.21. The second-order valence-electron chi connectivity index (χ2n) is 6.14. The predicted octanol–water partition coefficient (Wildman–Crippen LogP) is 6.76. The molecule has 1 fully saturated rings. The SMILES string of the molecule is BrC(c1ccc(-c2ccccc2)cc1)C1CCCCCC1. The Morgan fingerprint density at radius 2 is 1.29 bits per heavy atom. The summed E-state index contributed by atoms with van der Waals surface area (Å²) in [5.41, 5.74) is 4.03. The van der Waals surface area contributed by atoms with Gasteiger partial charge in [0.25, 0.3) is 0 Å². The Kier molecular flexibility index (Phi) is 5.13. The smallest absolute Gasteiger partial charge is 0.0423 e. The molecule has 0 heterocycles. The summed E-state index contributed by atoms with van der Waals surface area (Å²) in [6, 6.07) is 19.7. The first-order valence-corrected chi connectivity index (χ1v) is 9.05. The van der Waals surface area contributed by atoms with Crippen LogP contribution in [0.3, 0.4) is 0 Å². The number of halogens is 1. The van der Waals surface area contributed by atoms with Crippen molar-refractivity contribution in [3.63, 3.8) is 0 Å². The molecule has 2 aromatic carbocycles. The van der Waals surface area contributed by atoms with Gasteiger partial charge in [0.2, 0.25) is 0 Å². The van der Waals surface area contributed by atoms with Crippen molar-refractivity contribution in [3.05, 3.63) is 60.2 Å². The second kappa shape index (κ2) is 7.26. The zero-order valence-electron chi connectivity index (χ0n) is 12.5. The first-order valence-electron chi connectivity index (χ1n) is 8.14. The van der Waals surface area contributed by atoms with E-state index in [9.17, 15) is 0 Å². The minimum Gasteiger partial charge on any atom is -0.0836 e. The monoisotopic (exact) mass is 342 g/mol. The molecule has 0 saturated heterocycles. The molecule has 1 aliphatic carbocycles. The van der Waals surface area contributed by atoms with Crippen LogP contribution in [0.4, 0.5) is 0 Å². The van der Waals surface area contributed by atoms with Gasteiger partial charge in [-0.2, -0.15) is 0 Å². The number of hydrogen-bond donors (Lipinski definition) is 0. The second-order valence-corrected chi connectivity index (χ2v) is 7.13. The van der Waals surface area contributed by atoms with E-state index in [1.165, 1.54) is 55.2 Å². The van der Waals surface area contributed by atoms with Gasteiger partial charge in [-0.1, -0.05) is 96.2 Å². The van der Waals surface area contributed by atoms with Crippen molar-refractivity contribution in [1.82, 2.24) is 0 Å². The zero-order valence-corrected chi connectivity index (χ0v) is 14.1. The van der Waals surface area contributed by atoms with Crippen molar-refractivity contribution in [1.29, 1.82) is 0 Å². The molecule has 1 saturated carbocycles. The molecule has 1 unspecified atom stereocenters. The Balaban J connectivity index is 1.74. The highest BCUT2D eigenvalue weighted by atomic mass is 79.9. The standard InChI is InChI=1S/C20H23Br/c21-20(18-10-4-1-2-5-11-18)19-14-12-17(13-15-19)16-8-6-3-7-9-16/h3,6-9,12-15,18,20H,1-2,4-5,10-11H2. The van der Waals surface area contributed by atoms with Gasteiger partial charge in [0.15, 0.2) is 0 Å². The molecule has 1 atom stereocenters. The molecule has 1 aliphatic rings. The van der Waals surface area contributed by atoms with E-state index in [0.717, 1.165) is 5.92 Å². The van der Waals surface area contributed by atoms with Crippen LogP contribution in [0.2, 0.25) is 0 Å². The Morgan fingerprint density at radius 1 is 0.714 bits per heavy atom. The lowest BCUT2D eigenvalue weighted by Crippen LogP contribution is -2.06. The molecule has 0 amide bonds. The predicted molar refractivity (Wildman–Crippen MR) is 94.7 cm³/mol. The quantitative estimate of drug-likeness (QED) is 0.427. The molecular weight excluding hydrogens is 320 g/mol.